The van der Waals surface area contributed by atoms with Crippen LogP contribution in [0.15, 0.2) is 18.2 Å². The Kier molecular flexibility index (Phi) is 4.08. The van der Waals surface area contributed by atoms with Crippen LogP contribution in [0.3, 0.4) is 0 Å². The Morgan fingerprint density at radius 2 is 2.04 bits per heavy atom. The van der Waals surface area contributed by atoms with Crippen LogP contribution in [0.4, 0.5) is 17.6 Å². The van der Waals surface area contributed by atoms with Gasteiger partial charge in [0.25, 0.3) is 0 Å². The first-order chi connectivity index (χ1) is 10.8. The zero-order valence-electron chi connectivity index (χ0n) is 12.7. The first-order valence-electron chi connectivity index (χ1n) is 7.59. The van der Waals surface area contributed by atoms with Crippen molar-refractivity contribution in [1.29, 1.82) is 0 Å². The number of amides is 1. The van der Waals surface area contributed by atoms with E-state index in [-0.39, 0.29) is 30.0 Å². The smallest absolute Gasteiger partial charge is 0.342 e. The highest BCUT2D eigenvalue weighted by molar-refractivity contribution is 5.79. The van der Waals surface area contributed by atoms with Crippen LogP contribution in [0.1, 0.15) is 24.0 Å². The van der Waals surface area contributed by atoms with E-state index in [0.29, 0.717) is 25.6 Å². The van der Waals surface area contributed by atoms with Gasteiger partial charge in [-0.25, -0.2) is 4.39 Å². The second-order valence-corrected chi connectivity index (χ2v) is 6.36. The standard InChI is InChI=1S/C16H18F4N2O/c1-21-14-4-5-22(9-11(14)6-15(21)23)8-10-2-3-12(7-13(10)17)16(18,19)20/h2-3,7,11,14H,4-6,8-9H2,1H3/t11-,14+/m1/s1. The van der Waals surface area contributed by atoms with Crippen LogP contribution in [0.2, 0.25) is 0 Å². The molecule has 126 valence electrons. The molecular formula is C16H18F4N2O. The highest BCUT2D eigenvalue weighted by atomic mass is 19.4. The minimum Gasteiger partial charge on any atom is -0.342 e. The summed E-state index contributed by atoms with van der Waals surface area (Å²) in [6.07, 6.45) is -3.23. The van der Waals surface area contributed by atoms with Gasteiger partial charge in [-0.15, -0.1) is 0 Å². The van der Waals surface area contributed by atoms with Gasteiger partial charge < -0.3 is 4.90 Å². The number of fused-ring (bicyclic) bond motifs is 1. The van der Waals surface area contributed by atoms with Gasteiger partial charge >= 0.3 is 6.18 Å². The second-order valence-electron chi connectivity index (χ2n) is 6.36. The van der Waals surface area contributed by atoms with Crippen molar-refractivity contribution in [3.63, 3.8) is 0 Å². The van der Waals surface area contributed by atoms with Crippen molar-refractivity contribution in [2.45, 2.75) is 31.6 Å². The number of benzene rings is 1. The molecule has 2 fully saturated rings. The number of hydrogen-bond donors (Lipinski definition) is 0. The fourth-order valence-electron chi connectivity index (χ4n) is 3.60. The third kappa shape index (κ3) is 3.20. The maximum atomic E-state index is 13.9. The van der Waals surface area contributed by atoms with Crippen LogP contribution in [-0.4, -0.2) is 41.9 Å². The topological polar surface area (TPSA) is 23.6 Å². The summed E-state index contributed by atoms with van der Waals surface area (Å²) < 4.78 is 51.6. The van der Waals surface area contributed by atoms with E-state index in [9.17, 15) is 22.4 Å². The lowest BCUT2D eigenvalue weighted by Gasteiger charge is -2.36. The molecule has 0 aliphatic carbocycles. The molecule has 3 rings (SSSR count). The van der Waals surface area contributed by atoms with Crippen molar-refractivity contribution in [1.82, 2.24) is 9.80 Å². The van der Waals surface area contributed by atoms with E-state index < -0.39 is 17.6 Å². The lowest BCUT2D eigenvalue weighted by Crippen LogP contribution is -2.44. The zero-order valence-corrected chi connectivity index (χ0v) is 12.7. The molecule has 1 aromatic rings. The summed E-state index contributed by atoms with van der Waals surface area (Å²) in [6.45, 7) is 1.64. The summed E-state index contributed by atoms with van der Waals surface area (Å²) in [7, 11) is 1.80. The fraction of sp³-hybridized carbons (Fsp3) is 0.562. The first-order valence-corrected chi connectivity index (χ1v) is 7.59. The molecule has 0 aromatic heterocycles. The van der Waals surface area contributed by atoms with Crippen molar-refractivity contribution in [3.05, 3.63) is 35.1 Å². The third-order valence-corrected chi connectivity index (χ3v) is 4.88. The number of nitrogens with zero attached hydrogens (tertiary/aromatic N) is 2. The Balaban J connectivity index is 1.68. The number of alkyl halides is 3. The van der Waals surface area contributed by atoms with Crippen LogP contribution >= 0.6 is 0 Å². The Morgan fingerprint density at radius 1 is 1.30 bits per heavy atom. The minimum absolute atomic E-state index is 0.127. The number of likely N-dealkylation sites (tertiary alicyclic amines) is 2. The molecule has 2 saturated heterocycles. The summed E-state index contributed by atoms with van der Waals surface area (Å²) in [4.78, 5) is 15.5. The van der Waals surface area contributed by atoms with Crippen LogP contribution in [0.5, 0.6) is 0 Å². The van der Waals surface area contributed by atoms with Crippen LogP contribution in [0.25, 0.3) is 0 Å². The Bertz CT molecular complexity index is 617. The predicted molar refractivity (Wildman–Crippen MR) is 76.0 cm³/mol. The number of carbonyl (C=O) groups is 1. The van der Waals surface area contributed by atoms with Gasteiger partial charge in [-0.1, -0.05) is 6.07 Å². The number of hydrogen-bond acceptors (Lipinski definition) is 2. The third-order valence-electron chi connectivity index (χ3n) is 4.88. The molecule has 0 saturated carbocycles. The monoisotopic (exact) mass is 330 g/mol. The van der Waals surface area contributed by atoms with Gasteiger partial charge in [0, 0.05) is 50.6 Å². The van der Waals surface area contributed by atoms with E-state index in [1.807, 2.05) is 4.90 Å². The number of rotatable bonds is 2. The van der Waals surface area contributed by atoms with Gasteiger partial charge in [0.15, 0.2) is 0 Å². The van der Waals surface area contributed by atoms with Crippen molar-refractivity contribution < 1.29 is 22.4 Å². The first kappa shape index (κ1) is 16.2. The van der Waals surface area contributed by atoms with E-state index in [4.69, 9.17) is 0 Å². The number of piperidine rings is 1. The molecule has 1 aromatic carbocycles. The quantitative estimate of drug-likeness (QED) is 0.779. The maximum absolute atomic E-state index is 13.9. The van der Waals surface area contributed by atoms with E-state index in [0.717, 1.165) is 12.5 Å². The zero-order chi connectivity index (χ0) is 16.8. The van der Waals surface area contributed by atoms with Crippen molar-refractivity contribution >= 4 is 5.91 Å². The maximum Gasteiger partial charge on any atom is 0.416 e. The SMILES string of the molecule is CN1C(=O)C[C@@H]2CN(Cc3ccc(C(F)(F)F)cc3F)CC[C@@H]21. The van der Waals surface area contributed by atoms with Crippen molar-refractivity contribution in [2.75, 3.05) is 20.1 Å². The molecule has 1 amide bonds. The summed E-state index contributed by atoms with van der Waals surface area (Å²) in [5.41, 5.74) is -0.713. The molecular weight excluding hydrogens is 312 g/mol. The predicted octanol–water partition coefficient (Wildman–Crippen LogP) is 2.90. The minimum atomic E-state index is -4.54. The molecule has 23 heavy (non-hydrogen) atoms. The van der Waals surface area contributed by atoms with Crippen LogP contribution < -0.4 is 0 Å². The van der Waals surface area contributed by atoms with E-state index >= 15 is 0 Å². The lowest BCUT2D eigenvalue weighted by molar-refractivity contribution is -0.137. The van der Waals surface area contributed by atoms with Gasteiger partial charge in [0.1, 0.15) is 5.82 Å². The molecule has 3 nitrogen and oxygen atoms in total. The highest BCUT2D eigenvalue weighted by Crippen LogP contribution is 2.33. The van der Waals surface area contributed by atoms with Gasteiger partial charge in [-0.2, -0.15) is 13.2 Å². The van der Waals surface area contributed by atoms with Crippen LogP contribution in [0, 0.1) is 11.7 Å². The highest BCUT2D eigenvalue weighted by Gasteiger charge is 2.41. The molecule has 0 spiro atoms. The molecule has 2 aliphatic rings. The van der Waals surface area contributed by atoms with E-state index in [1.54, 1.807) is 11.9 Å². The molecule has 2 aliphatic heterocycles. The number of halogens is 4. The fourth-order valence-corrected chi connectivity index (χ4v) is 3.60. The molecule has 7 heteroatoms. The van der Waals surface area contributed by atoms with Crippen molar-refractivity contribution in [2.24, 2.45) is 5.92 Å². The average Bonchev–Trinajstić information content (AvgIpc) is 2.75. The largest absolute Gasteiger partial charge is 0.416 e. The summed E-state index contributed by atoms with van der Waals surface area (Å²) in [5.74, 6) is -0.483. The van der Waals surface area contributed by atoms with E-state index in [2.05, 4.69) is 0 Å². The van der Waals surface area contributed by atoms with Crippen LogP contribution in [-0.2, 0) is 17.5 Å². The van der Waals surface area contributed by atoms with Gasteiger partial charge in [0.05, 0.1) is 5.56 Å². The Morgan fingerprint density at radius 3 is 2.70 bits per heavy atom. The van der Waals surface area contributed by atoms with Gasteiger partial charge in [-0.05, 0) is 18.6 Å². The summed E-state index contributed by atoms with van der Waals surface area (Å²) >= 11 is 0. The normalized spacial score (nSPS) is 25.8. The molecule has 2 atom stereocenters. The Hall–Kier alpha value is -1.63. The molecule has 0 unspecified atom stereocenters. The van der Waals surface area contributed by atoms with E-state index in [1.165, 1.54) is 6.07 Å². The summed E-state index contributed by atoms with van der Waals surface area (Å²) in [5, 5.41) is 0. The van der Waals surface area contributed by atoms with Gasteiger partial charge in [-0.3, -0.25) is 9.69 Å². The van der Waals surface area contributed by atoms with Crippen molar-refractivity contribution in [3.8, 4) is 0 Å². The lowest BCUT2D eigenvalue weighted by atomic mass is 9.92. The van der Waals surface area contributed by atoms with Gasteiger partial charge in [0.2, 0.25) is 5.91 Å². The molecule has 0 radical (unpaired) electrons. The molecule has 2 heterocycles. The summed E-state index contributed by atoms with van der Waals surface area (Å²) in [6, 6.07) is 2.90. The Labute approximate surface area is 131 Å². The molecule has 0 bridgehead atoms. The molecule has 0 N–H and O–H groups in total. The average molecular weight is 330 g/mol. The number of carbonyl (C=O) groups excluding carboxylic acids is 1. The second kappa shape index (κ2) is 5.78.